The van der Waals surface area contributed by atoms with Gasteiger partial charge in [0.25, 0.3) is 0 Å². The van der Waals surface area contributed by atoms with E-state index in [0.717, 1.165) is 11.3 Å². The molecule has 3 aromatic rings. The highest BCUT2D eigenvalue weighted by Gasteiger charge is 2.34. The van der Waals surface area contributed by atoms with Gasteiger partial charge >= 0.3 is 0 Å². The summed E-state index contributed by atoms with van der Waals surface area (Å²) in [5.41, 5.74) is 1.78. The second kappa shape index (κ2) is 12.1. The summed E-state index contributed by atoms with van der Waals surface area (Å²) in [6, 6.07) is 17.6. The molecule has 0 saturated carbocycles. The van der Waals surface area contributed by atoms with Gasteiger partial charge in [-0.3, -0.25) is 0 Å². The number of halogens is 3. The Bertz CT molecular complexity index is 1560. The lowest BCUT2D eigenvalue weighted by molar-refractivity contribution is 0.0730. The number of sulfonamides is 2. The third-order valence-corrected chi connectivity index (χ3v) is 11.4. The molecule has 2 unspecified atom stereocenters. The molecule has 0 radical (unpaired) electrons. The molecule has 0 spiro atoms. The third-order valence-electron chi connectivity index (χ3n) is 7.14. The first-order valence-corrected chi connectivity index (χ1v) is 16.8. The zero-order valence-corrected chi connectivity index (χ0v) is 25.2. The number of nitrogens with one attached hydrogen (secondary N) is 1. The molecule has 0 aromatic heterocycles. The third kappa shape index (κ3) is 6.44. The van der Waals surface area contributed by atoms with Gasteiger partial charge in [-0.25, -0.2) is 21.6 Å². The van der Waals surface area contributed by atoms with Crippen molar-refractivity contribution in [1.82, 2.24) is 9.03 Å². The molecule has 2 saturated heterocycles. The number of anilines is 1. The van der Waals surface area contributed by atoms with Crippen LogP contribution in [0.5, 0.6) is 0 Å². The van der Waals surface area contributed by atoms with Crippen molar-refractivity contribution in [1.29, 1.82) is 0 Å². The van der Waals surface area contributed by atoms with E-state index in [9.17, 15) is 16.8 Å². The van der Waals surface area contributed by atoms with Crippen molar-refractivity contribution in [2.75, 3.05) is 37.7 Å². The van der Waals surface area contributed by atoms with E-state index in [0.29, 0.717) is 47.7 Å². The Hall–Kier alpha value is -1.89. The molecule has 1 N–H and O–H groups in total. The summed E-state index contributed by atoms with van der Waals surface area (Å²) < 4.78 is 61.9. The number of nitrogens with zero attached hydrogens (tertiary/aromatic N) is 2. The van der Waals surface area contributed by atoms with Crippen LogP contribution in [-0.4, -0.2) is 60.0 Å². The molecule has 214 valence electrons. The zero-order chi connectivity index (χ0) is 28.5. The van der Waals surface area contributed by atoms with Crippen LogP contribution in [0.3, 0.4) is 0 Å². The van der Waals surface area contributed by atoms with Crippen LogP contribution >= 0.6 is 34.8 Å². The van der Waals surface area contributed by atoms with Gasteiger partial charge in [-0.1, -0.05) is 46.9 Å². The Morgan fingerprint density at radius 2 is 1.40 bits per heavy atom. The molecule has 2 aliphatic heterocycles. The number of ether oxygens (including phenoxy) is 1. The quantitative estimate of drug-likeness (QED) is 0.372. The van der Waals surface area contributed by atoms with Crippen molar-refractivity contribution in [2.45, 2.75) is 34.7 Å². The van der Waals surface area contributed by atoms with Gasteiger partial charge in [-0.2, -0.15) is 4.31 Å². The van der Waals surface area contributed by atoms with E-state index >= 15 is 0 Å². The molecule has 40 heavy (non-hydrogen) atoms. The van der Waals surface area contributed by atoms with E-state index in [4.69, 9.17) is 39.5 Å². The fourth-order valence-electron chi connectivity index (χ4n) is 5.09. The molecule has 5 rings (SSSR count). The predicted octanol–water partition coefficient (Wildman–Crippen LogP) is 5.36. The summed E-state index contributed by atoms with van der Waals surface area (Å²) in [6.45, 7) is 1.72. The van der Waals surface area contributed by atoms with Gasteiger partial charge in [0.2, 0.25) is 20.0 Å². The number of benzene rings is 3. The maximum absolute atomic E-state index is 13.3. The minimum absolute atomic E-state index is 0.000328. The molecule has 2 aliphatic rings. The van der Waals surface area contributed by atoms with E-state index < -0.39 is 20.0 Å². The summed E-state index contributed by atoms with van der Waals surface area (Å²) in [5.74, 6) is 0. The average molecular weight is 645 g/mol. The van der Waals surface area contributed by atoms with Crippen LogP contribution in [-0.2, 0) is 24.8 Å². The van der Waals surface area contributed by atoms with Crippen LogP contribution in [0, 0.1) is 0 Å². The Labute approximate surface area is 249 Å². The second-order valence-corrected chi connectivity index (χ2v) is 14.6. The van der Waals surface area contributed by atoms with Crippen molar-refractivity contribution in [3.63, 3.8) is 0 Å². The zero-order valence-electron chi connectivity index (χ0n) is 21.3. The van der Waals surface area contributed by atoms with Crippen LogP contribution in [0.25, 0.3) is 0 Å². The van der Waals surface area contributed by atoms with Crippen LogP contribution in [0.4, 0.5) is 5.69 Å². The van der Waals surface area contributed by atoms with Crippen molar-refractivity contribution in [3.8, 4) is 0 Å². The minimum atomic E-state index is -3.92. The number of hydrogen-bond donors (Lipinski definition) is 1. The lowest BCUT2D eigenvalue weighted by Crippen LogP contribution is -2.46. The Kier molecular flexibility index (Phi) is 8.99. The SMILES string of the molecule is O=S(=O)(NC1CCN(c2ccc(Cl)cc2Cl)C(c2ccc(Cl)cc2)C1)c1ccc(S(=O)(=O)N2CCOCC2)cc1. The molecule has 3 aromatic carbocycles. The fraction of sp³-hybridized carbons (Fsp3) is 0.333. The van der Waals surface area contributed by atoms with Gasteiger partial charge in [0.05, 0.1) is 39.8 Å². The molecule has 0 aliphatic carbocycles. The van der Waals surface area contributed by atoms with E-state index in [1.807, 2.05) is 18.2 Å². The van der Waals surface area contributed by atoms with Crippen LogP contribution < -0.4 is 9.62 Å². The smallest absolute Gasteiger partial charge is 0.243 e. The summed E-state index contributed by atoms with van der Waals surface area (Å²) in [5, 5.41) is 1.65. The summed E-state index contributed by atoms with van der Waals surface area (Å²) in [6.07, 6.45) is 1.01. The van der Waals surface area contributed by atoms with Crippen LogP contribution in [0.1, 0.15) is 24.4 Å². The minimum Gasteiger partial charge on any atom is -0.379 e. The first kappa shape index (κ1) is 29.6. The van der Waals surface area contributed by atoms with E-state index in [1.165, 1.54) is 28.6 Å². The summed E-state index contributed by atoms with van der Waals surface area (Å²) >= 11 is 18.8. The Morgan fingerprint density at radius 3 is 2.05 bits per heavy atom. The maximum Gasteiger partial charge on any atom is 0.243 e. The molecule has 8 nitrogen and oxygen atoms in total. The van der Waals surface area contributed by atoms with Crippen molar-refractivity contribution in [2.24, 2.45) is 0 Å². The molecule has 0 amide bonds. The Balaban J connectivity index is 1.35. The van der Waals surface area contributed by atoms with Crippen molar-refractivity contribution < 1.29 is 21.6 Å². The van der Waals surface area contributed by atoms with Gasteiger partial charge < -0.3 is 9.64 Å². The van der Waals surface area contributed by atoms with Crippen molar-refractivity contribution >= 4 is 60.5 Å². The largest absolute Gasteiger partial charge is 0.379 e. The van der Waals surface area contributed by atoms with Gasteiger partial charge in [-0.05, 0) is 73.0 Å². The number of rotatable bonds is 7. The van der Waals surface area contributed by atoms with Gasteiger partial charge in [0.15, 0.2) is 0 Å². The fourth-order valence-corrected chi connectivity index (χ4v) is 8.42. The number of piperidine rings is 1. The van der Waals surface area contributed by atoms with Gasteiger partial charge in [-0.15, -0.1) is 0 Å². The molecule has 0 bridgehead atoms. The predicted molar refractivity (Wildman–Crippen MR) is 157 cm³/mol. The van der Waals surface area contributed by atoms with Crippen LogP contribution in [0.2, 0.25) is 15.1 Å². The molecule has 2 atom stereocenters. The Morgan fingerprint density at radius 1 is 0.775 bits per heavy atom. The molecule has 2 heterocycles. The average Bonchev–Trinajstić information content (AvgIpc) is 2.94. The number of hydrogen-bond acceptors (Lipinski definition) is 6. The first-order valence-electron chi connectivity index (χ1n) is 12.7. The second-order valence-electron chi connectivity index (χ2n) is 9.69. The van der Waals surface area contributed by atoms with E-state index in [2.05, 4.69) is 9.62 Å². The lowest BCUT2D eigenvalue weighted by atomic mass is 9.91. The summed E-state index contributed by atoms with van der Waals surface area (Å²) in [7, 11) is -7.64. The standard InChI is InChI=1S/C27H28Cl3N3O5S2/c28-20-3-1-19(2-4-20)27-18-22(11-12-33(27)26-10-5-21(29)17-25(26)30)31-39(34,35)23-6-8-24(9-7-23)40(36,37)32-13-15-38-16-14-32/h1-10,17,22,27,31H,11-16,18H2. The highest BCUT2D eigenvalue weighted by Crippen LogP contribution is 2.40. The van der Waals surface area contributed by atoms with Crippen molar-refractivity contribution in [3.05, 3.63) is 87.4 Å². The van der Waals surface area contributed by atoms with Gasteiger partial charge in [0, 0.05) is 35.7 Å². The van der Waals surface area contributed by atoms with Crippen LogP contribution in [0.15, 0.2) is 76.5 Å². The molecular weight excluding hydrogens is 617 g/mol. The molecule has 2 fully saturated rings. The maximum atomic E-state index is 13.3. The highest BCUT2D eigenvalue weighted by atomic mass is 35.5. The van der Waals surface area contributed by atoms with E-state index in [1.54, 1.807) is 24.3 Å². The monoisotopic (exact) mass is 643 g/mol. The normalized spacial score (nSPS) is 20.9. The first-order chi connectivity index (χ1) is 19.0. The summed E-state index contributed by atoms with van der Waals surface area (Å²) in [4.78, 5) is 2.20. The molecular formula is C27H28Cl3N3O5S2. The number of morpholine rings is 1. The van der Waals surface area contributed by atoms with Gasteiger partial charge in [0.1, 0.15) is 0 Å². The van der Waals surface area contributed by atoms with E-state index in [-0.39, 0.29) is 35.0 Å². The molecule has 13 heteroatoms. The lowest BCUT2D eigenvalue weighted by Gasteiger charge is -2.42. The topological polar surface area (TPSA) is 96.0 Å². The highest BCUT2D eigenvalue weighted by molar-refractivity contribution is 7.89.